The summed E-state index contributed by atoms with van der Waals surface area (Å²) in [6, 6.07) is 23.4. The van der Waals surface area contributed by atoms with E-state index >= 15 is 0 Å². The highest BCUT2D eigenvalue weighted by Crippen LogP contribution is 2.30. The normalized spacial score (nSPS) is 13.5. The Morgan fingerprint density at radius 3 is 2.55 bits per heavy atom. The maximum absolute atomic E-state index is 5.59. The van der Waals surface area contributed by atoms with Crippen LogP contribution in [0.25, 0.3) is 11.1 Å². The highest BCUT2D eigenvalue weighted by atomic mass is 79.9. The minimum atomic E-state index is 0.886. The summed E-state index contributed by atoms with van der Waals surface area (Å²) in [6.45, 7) is 1.87. The summed E-state index contributed by atoms with van der Waals surface area (Å²) >= 11 is 3.60. The maximum Gasteiger partial charge on any atom is 0.128 e. The minimum Gasteiger partial charge on any atom is -0.496 e. The number of halogens is 1. The number of amidine groups is 1. The number of hydrogen-bond acceptors (Lipinski definition) is 3. The van der Waals surface area contributed by atoms with E-state index in [0.29, 0.717) is 0 Å². The number of methoxy groups -OCH3 is 1. The highest BCUT2D eigenvalue weighted by molar-refractivity contribution is 9.10. The van der Waals surface area contributed by atoms with Gasteiger partial charge in [-0.3, -0.25) is 4.99 Å². The summed E-state index contributed by atoms with van der Waals surface area (Å²) in [7, 11) is 1.73. The van der Waals surface area contributed by atoms with Crippen molar-refractivity contribution in [3.8, 4) is 16.9 Å². The molecule has 0 fully saturated rings. The quantitative estimate of drug-likeness (QED) is 0.528. The van der Waals surface area contributed by atoms with Gasteiger partial charge in [0.25, 0.3) is 0 Å². The Kier molecular flexibility index (Phi) is 6.30. The van der Waals surface area contributed by atoms with Gasteiger partial charge >= 0.3 is 0 Å². The molecule has 3 nitrogen and oxygen atoms in total. The number of rotatable bonds is 6. The van der Waals surface area contributed by atoms with Crippen LogP contribution in [0.4, 0.5) is 0 Å². The van der Waals surface area contributed by atoms with E-state index in [1.807, 2.05) is 12.1 Å². The Balaban J connectivity index is 1.75. The third-order valence-corrected chi connectivity index (χ3v) is 5.79. The SMILES string of the molecule is COc1ccc(Br)cc1CCc1c(C2=NCCCN2)cccc1-c1ccccc1. The van der Waals surface area contributed by atoms with Crippen LogP contribution in [-0.2, 0) is 12.8 Å². The second kappa shape index (κ2) is 9.27. The molecule has 1 aliphatic rings. The van der Waals surface area contributed by atoms with Crippen molar-refractivity contribution in [3.05, 3.63) is 87.9 Å². The van der Waals surface area contributed by atoms with Crippen molar-refractivity contribution >= 4 is 21.8 Å². The van der Waals surface area contributed by atoms with Gasteiger partial charge in [-0.1, -0.05) is 64.5 Å². The van der Waals surface area contributed by atoms with Crippen LogP contribution in [0.5, 0.6) is 5.75 Å². The highest BCUT2D eigenvalue weighted by Gasteiger charge is 2.17. The third-order valence-electron chi connectivity index (χ3n) is 5.30. The molecule has 0 saturated carbocycles. The van der Waals surface area contributed by atoms with Crippen LogP contribution in [-0.4, -0.2) is 26.0 Å². The van der Waals surface area contributed by atoms with Crippen molar-refractivity contribution in [2.24, 2.45) is 4.99 Å². The summed E-state index contributed by atoms with van der Waals surface area (Å²) in [4.78, 5) is 4.77. The van der Waals surface area contributed by atoms with E-state index in [1.54, 1.807) is 7.11 Å². The fraction of sp³-hybridized carbons (Fsp3) is 0.240. The smallest absolute Gasteiger partial charge is 0.128 e. The van der Waals surface area contributed by atoms with Gasteiger partial charge in [0.05, 0.1) is 7.11 Å². The van der Waals surface area contributed by atoms with Gasteiger partial charge < -0.3 is 10.1 Å². The lowest BCUT2D eigenvalue weighted by Crippen LogP contribution is -2.31. The molecule has 0 radical (unpaired) electrons. The standard InChI is InChI=1S/C25H25BrN2O/c1-29-24-14-12-20(26)17-19(24)11-13-22-21(18-7-3-2-4-8-18)9-5-10-23(22)25-27-15-6-16-28-25/h2-5,7-10,12,14,17H,6,11,13,15-16H2,1H3,(H,27,28). The second-order valence-corrected chi connectivity index (χ2v) is 8.08. The van der Waals surface area contributed by atoms with Gasteiger partial charge in [0.1, 0.15) is 11.6 Å². The average molecular weight is 449 g/mol. The van der Waals surface area contributed by atoms with Crippen molar-refractivity contribution < 1.29 is 4.74 Å². The summed E-state index contributed by atoms with van der Waals surface area (Å²) < 4.78 is 6.67. The molecule has 0 aliphatic carbocycles. The molecular weight excluding hydrogens is 424 g/mol. The van der Waals surface area contributed by atoms with Crippen molar-refractivity contribution in [2.45, 2.75) is 19.3 Å². The third kappa shape index (κ3) is 4.54. The molecular formula is C25H25BrN2O. The Labute approximate surface area is 181 Å². The van der Waals surface area contributed by atoms with Crippen LogP contribution in [0.1, 0.15) is 23.1 Å². The van der Waals surface area contributed by atoms with E-state index < -0.39 is 0 Å². The zero-order valence-corrected chi connectivity index (χ0v) is 18.2. The molecule has 1 N–H and O–H groups in total. The summed E-state index contributed by atoms with van der Waals surface area (Å²) in [5.74, 6) is 1.95. The van der Waals surface area contributed by atoms with E-state index in [9.17, 15) is 0 Å². The first-order valence-corrected chi connectivity index (χ1v) is 10.8. The van der Waals surface area contributed by atoms with E-state index in [1.165, 1.54) is 27.8 Å². The number of hydrogen-bond donors (Lipinski definition) is 1. The second-order valence-electron chi connectivity index (χ2n) is 7.16. The number of nitrogens with zero attached hydrogens (tertiary/aromatic N) is 1. The first-order valence-electron chi connectivity index (χ1n) is 10.0. The number of aliphatic imine (C=N–C) groups is 1. The van der Waals surface area contributed by atoms with Crippen LogP contribution in [0, 0.1) is 0 Å². The topological polar surface area (TPSA) is 33.6 Å². The first kappa shape index (κ1) is 19.7. The van der Waals surface area contributed by atoms with Crippen molar-refractivity contribution in [2.75, 3.05) is 20.2 Å². The molecule has 0 atom stereocenters. The van der Waals surface area contributed by atoms with Crippen molar-refractivity contribution in [3.63, 3.8) is 0 Å². The molecule has 0 bridgehead atoms. The largest absolute Gasteiger partial charge is 0.496 e. The van der Waals surface area contributed by atoms with Gasteiger partial charge in [-0.2, -0.15) is 0 Å². The van der Waals surface area contributed by atoms with Crippen LogP contribution < -0.4 is 10.1 Å². The average Bonchev–Trinajstić information content (AvgIpc) is 2.79. The summed E-state index contributed by atoms with van der Waals surface area (Å²) in [5, 5.41) is 3.50. The Morgan fingerprint density at radius 1 is 0.966 bits per heavy atom. The maximum atomic E-state index is 5.59. The van der Waals surface area contributed by atoms with Gasteiger partial charge in [-0.25, -0.2) is 0 Å². The molecule has 148 valence electrons. The minimum absolute atomic E-state index is 0.886. The lowest BCUT2D eigenvalue weighted by atomic mass is 9.90. The predicted molar refractivity (Wildman–Crippen MR) is 124 cm³/mol. The molecule has 1 heterocycles. The van der Waals surface area contributed by atoms with E-state index in [2.05, 4.69) is 75.8 Å². The molecule has 3 aromatic carbocycles. The Morgan fingerprint density at radius 2 is 1.79 bits per heavy atom. The molecule has 4 heteroatoms. The molecule has 1 aliphatic heterocycles. The summed E-state index contributed by atoms with van der Waals surface area (Å²) in [6.07, 6.45) is 2.90. The molecule has 0 spiro atoms. The Bertz CT molecular complexity index is 1010. The fourth-order valence-electron chi connectivity index (χ4n) is 3.88. The molecule has 4 rings (SSSR count). The predicted octanol–water partition coefficient (Wildman–Crippen LogP) is 5.65. The lowest BCUT2D eigenvalue weighted by molar-refractivity contribution is 0.409. The van der Waals surface area contributed by atoms with Gasteiger partial charge in [-0.15, -0.1) is 0 Å². The molecule has 0 amide bonds. The Hall–Kier alpha value is -2.59. The van der Waals surface area contributed by atoms with E-state index in [-0.39, 0.29) is 0 Å². The van der Waals surface area contributed by atoms with Gasteiger partial charge in [-0.05, 0) is 59.7 Å². The molecule has 0 saturated heterocycles. The van der Waals surface area contributed by atoms with Crippen molar-refractivity contribution in [1.29, 1.82) is 0 Å². The number of nitrogens with one attached hydrogen (secondary N) is 1. The van der Waals surface area contributed by atoms with Gasteiger partial charge in [0, 0.05) is 23.1 Å². The van der Waals surface area contributed by atoms with Crippen LogP contribution in [0.2, 0.25) is 0 Å². The number of ether oxygens (including phenoxy) is 1. The fourth-order valence-corrected chi connectivity index (χ4v) is 4.29. The summed E-state index contributed by atoms with van der Waals surface area (Å²) in [5.41, 5.74) is 6.25. The molecule has 0 aromatic heterocycles. The monoisotopic (exact) mass is 448 g/mol. The number of benzene rings is 3. The zero-order chi connectivity index (χ0) is 20.1. The van der Waals surface area contributed by atoms with E-state index in [0.717, 1.165) is 48.4 Å². The van der Waals surface area contributed by atoms with E-state index in [4.69, 9.17) is 9.73 Å². The van der Waals surface area contributed by atoms with Crippen LogP contribution >= 0.6 is 15.9 Å². The first-order chi connectivity index (χ1) is 14.3. The molecule has 0 unspecified atom stereocenters. The lowest BCUT2D eigenvalue weighted by Gasteiger charge is -2.20. The van der Waals surface area contributed by atoms with Gasteiger partial charge in [0.2, 0.25) is 0 Å². The molecule has 29 heavy (non-hydrogen) atoms. The van der Waals surface area contributed by atoms with Crippen LogP contribution in [0.15, 0.2) is 76.2 Å². The van der Waals surface area contributed by atoms with Gasteiger partial charge in [0.15, 0.2) is 0 Å². The molecule has 3 aromatic rings. The number of aryl methyl sites for hydroxylation is 1. The van der Waals surface area contributed by atoms with Crippen LogP contribution in [0.3, 0.4) is 0 Å². The van der Waals surface area contributed by atoms with Crippen molar-refractivity contribution in [1.82, 2.24) is 5.32 Å². The zero-order valence-electron chi connectivity index (χ0n) is 16.6.